The molecule has 1 aromatic rings. The lowest BCUT2D eigenvalue weighted by Gasteiger charge is -2.25. The minimum Gasteiger partial charge on any atom is -0.396 e. The van der Waals surface area contributed by atoms with Crippen LogP contribution in [-0.4, -0.2) is 46.8 Å². The van der Waals surface area contributed by atoms with Crippen molar-refractivity contribution in [1.29, 1.82) is 0 Å². The van der Waals surface area contributed by atoms with Crippen molar-refractivity contribution < 1.29 is 15.0 Å². The van der Waals surface area contributed by atoms with E-state index in [1.165, 1.54) is 11.3 Å². The molecule has 0 saturated heterocycles. The number of aryl methyl sites for hydroxylation is 1. The second-order valence-electron chi connectivity index (χ2n) is 4.75. The van der Waals surface area contributed by atoms with Crippen LogP contribution in [0, 0.1) is 18.8 Å². The maximum atomic E-state index is 12.5. The monoisotopic (exact) mass is 295 g/mol. The Hall–Kier alpha value is -1.35. The number of hydrogen-bond donors (Lipinski definition) is 2. The van der Waals surface area contributed by atoms with E-state index in [9.17, 15) is 4.79 Å². The molecule has 0 aliphatic heterocycles. The molecule has 1 aromatic heterocycles. The third-order valence-electron chi connectivity index (χ3n) is 2.85. The number of amides is 1. The standard InChI is InChI=1S/C15H21NO3S/c1-11(2)16(7-5-9-18)15(19)14-10-12(3)13(20-14)6-4-8-17/h10-11,17-18H,5,7-9H2,1-3H3. The average Bonchev–Trinajstić information content (AvgIpc) is 2.77. The summed E-state index contributed by atoms with van der Waals surface area (Å²) in [7, 11) is 0. The van der Waals surface area contributed by atoms with Crippen molar-refractivity contribution in [2.75, 3.05) is 19.8 Å². The van der Waals surface area contributed by atoms with E-state index in [4.69, 9.17) is 10.2 Å². The molecule has 20 heavy (non-hydrogen) atoms. The smallest absolute Gasteiger partial charge is 0.264 e. The first-order valence-corrected chi connectivity index (χ1v) is 7.44. The summed E-state index contributed by atoms with van der Waals surface area (Å²) in [4.78, 5) is 15.7. The number of hydrogen-bond acceptors (Lipinski definition) is 4. The Kier molecular flexibility index (Phi) is 6.73. The topological polar surface area (TPSA) is 60.8 Å². The van der Waals surface area contributed by atoms with Gasteiger partial charge in [0, 0.05) is 19.2 Å². The second-order valence-corrected chi connectivity index (χ2v) is 5.80. The second kappa shape index (κ2) is 8.05. The van der Waals surface area contributed by atoms with Gasteiger partial charge < -0.3 is 15.1 Å². The highest BCUT2D eigenvalue weighted by Crippen LogP contribution is 2.23. The van der Waals surface area contributed by atoms with Crippen LogP contribution in [0.2, 0.25) is 0 Å². The zero-order chi connectivity index (χ0) is 15.1. The number of carbonyl (C=O) groups is 1. The number of rotatable bonds is 5. The Balaban J connectivity index is 2.94. The van der Waals surface area contributed by atoms with E-state index in [-0.39, 0.29) is 25.2 Å². The lowest BCUT2D eigenvalue weighted by Crippen LogP contribution is -2.37. The molecule has 0 spiro atoms. The first-order valence-electron chi connectivity index (χ1n) is 6.63. The molecule has 0 bridgehead atoms. The van der Waals surface area contributed by atoms with Gasteiger partial charge in [-0.2, -0.15) is 0 Å². The van der Waals surface area contributed by atoms with E-state index in [0.29, 0.717) is 17.8 Å². The fourth-order valence-electron chi connectivity index (χ4n) is 1.81. The Bertz CT molecular complexity index is 511. The van der Waals surface area contributed by atoms with E-state index in [1.807, 2.05) is 26.8 Å². The number of aliphatic hydroxyl groups is 2. The molecule has 1 rings (SSSR count). The molecular weight excluding hydrogens is 274 g/mol. The van der Waals surface area contributed by atoms with Gasteiger partial charge in [0.05, 0.1) is 9.75 Å². The van der Waals surface area contributed by atoms with Gasteiger partial charge in [0.1, 0.15) is 6.61 Å². The Morgan fingerprint density at radius 1 is 1.45 bits per heavy atom. The molecule has 1 heterocycles. The fraction of sp³-hybridized carbons (Fsp3) is 0.533. The number of aliphatic hydroxyl groups excluding tert-OH is 2. The minimum absolute atomic E-state index is 0.0291. The molecule has 4 nitrogen and oxygen atoms in total. The van der Waals surface area contributed by atoms with E-state index in [2.05, 4.69) is 11.8 Å². The van der Waals surface area contributed by atoms with Crippen molar-refractivity contribution in [2.45, 2.75) is 33.2 Å². The average molecular weight is 295 g/mol. The summed E-state index contributed by atoms with van der Waals surface area (Å²) in [6, 6.07) is 1.92. The molecule has 0 atom stereocenters. The van der Waals surface area contributed by atoms with Crippen LogP contribution in [0.4, 0.5) is 0 Å². The Labute approximate surface area is 124 Å². The van der Waals surface area contributed by atoms with Gasteiger partial charge in [-0.05, 0) is 38.8 Å². The van der Waals surface area contributed by atoms with Gasteiger partial charge in [-0.3, -0.25) is 4.79 Å². The molecule has 1 amide bonds. The van der Waals surface area contributed by atoms with Crippen molar-refractivity contribution >= 4 is 17.2 Å². The molecule has 0 unspecified atom stereocenters. The van der Waals surface area contributed by atoms with Crippen LogP contribution in [0.25, 0.3) is 0 Å². The molecule has 0 radical (unpaired) electrons. The summed E-state index contributed by atoms with van der Waals surface area (Å²) in [6.45, 7) is 6.26. The quantitative estimate of drug-likeness (QED) is 0.812. The van der Waals surface area contributed by atoms with Gasteiger partial charge in [0.25, 0.3) is 5.91 Å². The molecule has 0 aliphatic rings. The van der Waals surface area contributed by atoms with Crippen molar-refractivity contribution in [3.63, 3.8) is 0 Å². The summed E-state index contributed by atoms with van der Waals surface area (Å²) < 4.78 is 0. The SMILES string of the molecule is Cc1cc(C(=O)N(CCCO)C(C)C)sc1C#CCO. The molecule has 110 valence electrons. The normalized spacial score (nSPS) is 10.3. The highest BCUT2D eigenvalue weighted by molar-refractivity contribution is 7.14. The summed E-state index contributed by atoms with van der Waals surface area (Å²) in [6.07, 6.45) is 0.575. The lowest BCUT2D eigenvalue weighted by molar-refractivity contribution is 0.0698. The van der Waals surface area contributed by atoms with E-state index in [0.717, 1.165) is 10.4 Å². The molecule has 0 saturated carbocycles. The molecular formula is C15H21NO3S. The van der Waals surface area contributed by atoms with Crippen LogP contribution in [0.3, 0.4) is 0 Å². The van der Waals surface area contributed by atoms with Crippen molar-refractivity contribution in [2.24, 2.45) is 0 Å². The summed E-state index contributed by atoms with van der Waals surface area (Å²) in [5, 5.41) is 17.6. The van der Waals surface area contributed by atoms with Gasteiger partial charge in [0.2, 0.25) is 0 Å². The minimum atomic E-state index is -0.185. The largest absolute Gasteiger partial charge is 0.396 e. The lowest BCUT2D eigenvalue weighted by atomic mass is 10.2. The van der Waals surface area contributed by atoms with Gasteiger partial charge in [-0.15, -0.1) is 11.3 Å². The highest BCUT2D eigenvalue weighted by atomic mass is 32.1. The van der Waals surface area contributed by atoms with Crippen molar-refractivity contribution in [1.82, 2.24) is 4.90 Å². The fourth-order valence-corrected chi connectivity index (χ4v) is 2.81. The molecule has 5 heteroatoms. The summed E-state index contributed by atoms with van der Waals surface area (Å²) >= 11 is 1.35. The molecule has 0 aromatic carbocycles. The van der Waals surface area contributed by atoms with E-state index in [1.54, 1.807) is 4.90 Å². The van der Waals surface area contributed by atoms with Gasteiger partial charge in [-0.25, -0.2) is 0 Å². The van der Waals surface area contributed by atoms with Crippen LogP contribution in [0.1, 0.15) is 40.4 Å². The van der Waals surface area contributed by atoms with Crippen LogP contribution in [0.5, 0.6) is 0 Å². The molecule has 0 fully saturated rings. The van der Waals surface area contributed by atoms with Crippen LogP contribution in [0.15, 0.2) is 6.07 Å². The maximum absolute atomic E-state index is 12.5. The van der Waals surface area contributed by atoms with Gasteiger partial charge in [0.15, 0.2) is 0 Å². The Morgan fingerprint density at radius 2 is 2.15 bits per heavy atom. The summed E-state index contributed by atoms with van der Waals surface area (Å²) in [5.74, 6) is 5.43. The Morgan fingerprint density at radius 3 is 2.70 bits per heavy atom. The van der Waals surface area contributed by atoms with Crippen LogP contribution in [-0.2, 0) is 0 Å². The zero-order valence-corrected chi connectivity index (χ0v) is 13.0. The number of thiophene rings is 1. The first-order chi connectivity index (χ1) is 9.51. The van der Waals surface area contributed by atoms with E-state index >= 15 is 0 Å². The predicted octanol–water partition coefficient (Wildman–Crippen LogP) is 1.63. The number of carbonyl (C=O) groups excluding carboxylic acids is 1. The van der Waals surface area contributed by atoms with Gasteiger partial charge >= 0.3 is 0 Å². The zero-order valence-electron chi connectivity index (χ0n) is 12.1. The van der Waals surface area contributed by atoms with E-state index < -0.39 is 0 Å². The van der Waals surface area contributed by atoms with Gasteiger partial charge in [-0.1, -0.05) is 11.8 Å². The maximum Gasteiger partial charge on any atom is 0.264 e. The molecule has 0 aliphatic carbocycles. The van der Waals surface area contributed by atoms with Crippen LogP contribution >= 0.6 is 11.3 Å². The van der Waals surface area contributed by atoms with Crippen molar-refractivity contribution in [3.8, 4) is 11.8 Å². The van der Waals surface area contributed by atoms with Crippen molar-refractivity contribution in [3.05, 3.63) is 21.4 Å². The summed E-state index contributed by atoms with van der Waals surface area (Å²) in [5.41, 5.74) is 0.949. The first kappa shape index (κ1) is 16.7. The third-order valence-corrected chi connectivity index (χ3v) is 3.99. The molecule has 2 N–H and O–H groups in total. The number of nitrogens with zero attached hydrogens (tertiary/aromatic N) is 1. The highest BCUT2D eigenvalue weighted by Gasteiger charge is 2.20. The van der Waals surface area contributed by atoms with Crippen LogP contribution < -0.4 is 0 Å². The third kappa shape index (κ3) is 4.34. The predicted molar refractivity (Wildman–Crippen MR) is 80.9 cm³/mol.